The van der Waals surface area contributed by atoms with Crippen LogP contribution in [0.5, 0.6) is 0 Å². The fourth-order valence-electron chi connectivity index (χ4n) is 3.67. The molecule has 2 N–H and O–H groups in total. The van der Waals surface area contributed by atoms with Crippen molar-refractivity contribution in [1.29, 1.82) is 0 Å². The molecule has 1 saturated heterocycles. The van der Waals surface area contributed by atoms with E-state index in [1.54, 1.807) is 0 Å². The molecule has 7 heteroatoms. The van der Waals surface area contributed by atoms with Crippen molar-refractivity contribution in [2.45, 2.75) is 64.8 Å². The van der Waals surface area contributed by atoms with Gasteiger partial charge in [-0.05, 0) is 46.0 Å². The molecule has 2 rings (SSSR count). The van der Waals surface area contributed by atoms with E-state index in [1.807, 2.05) is 6.92 Å². The molecular formula is C19H37IN4O2. The first kappa shape index (κ1) is 23.5. The van der Waals surface area contributed by atoms with Crippen LogP contribution >= 0.6 is 24.0 Å². The van der Waals surface area contributed by atoms with Crippen LogP contribution < -0.4 is 10.6 Å². The lowest BCUT2D eigenvalue weighted by Crippen LogP contribution is -2.45. The van der Waals surface area contributed by atoms with Gasteiger partial charge in [0.05, 0.1) is 0 Å². The number of halogens is 1. The number of rotatable bonds is 9. The van der Waals surface area contributed by atoms with Gasteiger partial charge in [-0.15, -0.1) is 24.0 Å². The van der Waals surface area contributed by atoms with Gasteiger partial charge in [0, 0.05) is 51.4 Å². The summed E-state index contributed by atoms with van der Waals surface area (Å²) in [5.41, 5.74) is 0. The van der Waals surface area contributed by atoms with Crippen LogP contribution in [0.2, 0.25) is 0 Å². The fraction of sp³-hybridized carbons (Fsp3) is 0.895. The van der Waals surface area contributed by atoms with Crippen LogP contribution in [0.1, 0.15) is 58.8 Å². The molecule has 1 aliphatic carbocycles. The number of hydrogen-bond donors (Lipinski definition) is 2. The summed E-state index contributed by atoms with van der Waals surface area (Å²) in [6.45, 7) is 9.04. The van der Waals surface area contributed by atoms with Crippen molar-refractivity contribution in [3.05, 3.63) is 0 Å². The summed E-state index contributed by atoms with van der Waals surface area (Å²) in [6, 6.07) is 0.312. The van der Waals surface area contributed by atoms with E-state index in [2.05, 4.69) is 27.4 Å². The Hall–Kier alpha value is -0.570. The van der Waals surface area contributed by atoms with Crippen LogP contribution in [0.25, 0.3) is 0 Å². The van der Waals surface area contributed by atoms with Crippen LogP contribution in [0.15, 0.2) is 4.99 Å². The minimum absolute atomic E-state index is 0. The molecule has 0 spiro atoms. The molecule has 0 aromatic rings. The Balaban J connectivity index is 0.00000338. The molecule has 0 aromatic heterocycles. The summed E-state index contributed by atoms with van der Waals surface area (Å²) in [7, 11) is 0. The van der Waals surface area contributed by atoms with E-state index in [0.29, 0.717) is 11.9 Å². The Bertz CT molecular complexity index is 428. The van der Waals surface area contributed by atoms with Gasteiger partial charge in [0.1, 0.15) is 0 Å². The van der Waals surface area contributed by atoms with Gasteiger partial charge in [-0.1, -0.05) is 12.8 Å². The van der Waals surface area contributed by atoms with Gasteiger partial charge in [-0.25, -0.2) is 0 Å². The molecule has 2 fully saturated rings. The highest BCUT2D eigenvalue weighted by Crippen LogP contribution is 2.27. The molecule has 1 unspecified atom stereocenters. The highest BCUT2D eigenvalue weighted by Gasteiger charge is 2.32. The summed E-state index contributed by atoms with van der Waals surface area (Å²) in [4.78, 5) is 19.3. The first-order valence-electron chi connectivity index (χ1n) is 10.2. The van der Waals surface area contributed by atoms with E-state index in [-0.39, 0.29) is 29.9 Å². The van der Waals surface area contributed by atoms with Gasteiger partial charge in [-0.3, -0.25) is 9.79 Å². The van der Waals surface area contributed by atoms with E-state index in [1.165, 1.54) is 12.8 Å². The minimum atomic E-state index is 0. The zero-order valence-corrected chi connectivity index (χ0v) is 18.8. The highest BCUT2D eigenvalue weighted by atomic mass is 127. The Morgan fingerprint density at radius 1 is 1.19 bits per heavy atom. The molecule has 26 heavy (non-hydrogen) atoms. The number of carbonyl (C=O) groups excluding carboxylic acids is 1. The number of amides is 1. The Kier molecular flexibility index (Phi) is 12.3. The van der Waals surface area contributed by atoms with Crippen LogP contribution in [-0.4, -0.2) is 62.2 Å². The number of likely N-dealkylation sites (tertiary alicyclic amines) is 1. The molecule has 1 aliphatic heterocycles. The normalized spacial score (nSPS) is 20.9. The van der Waals surface area contributed by atoms with Crippen LogP contribution in [0, 0.1) is 5.92 Å². The maximum Gasteiger partial charge on any atom is 0.225 e. The van der Waals surface area contributed by atoms with E-state index in [4.69, 9.17) is 4.74 Å². The average molecular weight is 480 g/mol. The standard InChI is InChI=1S/C19H36N4O2.HI/c1-3-20-19(21-12-7-8-14-25-4-2)22-17-11-13-23(15-17)18(24)16-9-5-6-10-16;/h16-17H,3-15H2,1-2H3,(H2,20,21,22);1H. The second-order valence-electron chi connectivity index (χ2n) is 7.06. The summed E-state index contributed by atoms with van der Waals surface area (Å²) in [6.07, 6.45) is 7.68. The van der Waals surface area contributed by atoms with E-state index in [9.17, 15) is 4.79 Å². The molecule has 2 aliphatic rings. The van der Waals surface area contributed by atoms with Crippen LogP contribution in [-0.2, 0) is 9.53 Å². The van der Waals surface area contributed by atoms with E-state index in [0.717, 1.165) is 77.5 Å². The van der Waals surface area contributed by atoms with Crippen molar-refractivity contribution in [2.24, 2.45) is 10.9 Å². The number of aliphatic imine (C=N–C) groups is 1. The van der Waals surface area contributed by atoms with E-state index < -0.39 is 0 Å². The SMILES string of the molecule is CCNC(=NCCCCOCC)NC1CCN(C(=O)C2CCCC2)C1.I. The predicted octanol–water partition coefficient (Wildman–Crippen LogP) is 2.77. The van der Waals surface area contributed by atoms with Crippen molar-refractivity contribution in [1.82, 2.24) is 15.5 Å². The molecule has 1 heterocycles. The van der Waals surface area contributed by atoms with Gasteiger partial charge in [0.25, 0.3) is 0 Å². The third-order valence-electron chi connectivity index (χ3n) is 5.06. The number of guanidine groups is 1. The van der Waals surface area contributed by atoms with Gasteiger partial charge < -0.3 is 20.3 Å². The molecule has 152 valence electrons. The van der Waals surface area contributed by atoms with Crippen molar-refractivity contribution < 1.29 is 9.53 Å². The monoisotopic (exact) mass is 480 g/mol. The zero-order chi connectivity index (χ0) is 17.9. The van der Waals surface area contributed by atoms with Gasteiger partial charge in [0.15, 0.2) is 5.96 Å². The third kappa shape index (κ3) is 7.98. The number of unbranched alkanes of at least 4 members (excludes halogenated alkanes) is 1. The fourth-order valence-corrected chi connectivity index (χ4v) is 3.67. The number of nitrogens with one attached hydrogen (secondary N) is 2. The summed E-state index contributed by atoms with van der Waals surface area (Å²) >= 11 is 0. The lowest BCUT2D eigenvalue weighted by Gasteiger charge is -2.21. The number of ether oxygens (including phenoxy) is 1. The zero-order valence-electron chi connectivity index (χ0n) is 16.5. The molecule has 0 bridgehead atoms. The molecule has 1 amide bonds. The minimum Gasteiger partial charge on any atom is -0.382 e. The van der Waals surface area contributed by atoms with E-state index >= 15 is 0 Å². The Morgan fingerprint density at radius 3 is 2.65 bits per heavy atom. The van der Waals surface area contributed by atoms with Gasteiger partial charge in [0.2, 0.25) is 5.91 Å². The molecule has 0 radical (unpaired) electrons. The number of carbonyl (C=O) groups is 1. The maximum absolute atomic E-state index is 12.5. The number of nitrogens with zero attached hydrogens (tertiary/aromatic N) is 2. The largest absolute Gasteiger partial charge is 0.382 e. The smallest absolute Gasteiger partial charge is 0.225 e. The van der Waals surface area contributed by atoms with Gasteiger partial charge in [-0.2, -0.15) is 0 Å². The second-order valence-corrected chi connectivity index (χ2v) is 7.06. The van der Waals surface area contributed by atoms with Crippen LogP contribution in [0.3, 0.4) is 0 Å². The van der Waals surface area contributed by atoms with Gasteiger partial charge >= 0.3 is 0 Å². The maximum atomic E-state index is 12.5. The summed E-state index contributed by atoms with van der Waals surface area (Å²) in [5.74, 6) is 1.53. The molecule has 1 saturated carbocycles. The second kappa shape index (κ2) is 13.6. The molecule has 6 nitrogen and oxygen atoms in total. The van der Waals surface area contributed by atoms with Crippen LogP contribution in [0.4, 0.5) is 0 Å². The first-order chi connectivity index (χ1) is 12.2. The lowest BCUT2D eigenvalue weighted by molar-refractivity contribution is -0.134. The molecule has 1 atom stereocenters. The molecular weight excluding hydrogens is 443 g/mol. The quantitative estimate of drug-likeness (QED) is 0.231. The Labute approximate surface area is 175 Å². The first-order valence-corrected chi connectivity index (χ1v) is 10.2. The Morgan fingerprint density at radius 2 is 1.96 bits per heavy atom. The topological polar surface area (TPSA) is 66.0 Å². The van der Waals surface area contributed by atoms with Crippen molar-refractivity contribution in [3.63, 3.8) is 0 Å². The highest BCUT2D eigenvalue weighted by molar-refractivity contribution is 14.0. The average Bonchev–Trinajstić information content (AvgIpc) is 3.29. The van der Waals surface area contributed by atoms with Crippen molar-refractivity contribution in [3.8, 4) is 0 Å². The third-order valence-corrected chi connectivity index (χ3v) is 5.06. The summed E-state index contributed by atoms with van der Waals surface area (Å²) in [5, 5.41) is 6.82. The molecule has 0 aromatic carbocycles. The summed E-state index contributed by atoms with van der Waals surface area (Å²) < 4.78 is 5.35. The lowest BCUT2D eigenvalue weighted by atomic mass is 10.1. The van der Waals surface area contributed by atoms with Crippen molar-refractivity contribution in [2.75, 3.05) is 39.4 Å². The predicted molar refractivity (Wildman–Crippen MR) is 117 cm³/mol. The van der Waals surface area contributed by atoms with Crippen molar-refractivity contribution >= 4 is 35.8 Å². The number of hydrogen-bond acceptors (Lipinski definition) is 3.